The summed E-state index contributed by atoms with van der Waals surface area (Å²) < 4.78 is 0. The number of hydrogen-bond donors (Lipinski definition) is 4. The van der Waals surface area contributed by atoms with E-state index in [0.29, 0.717) is 0 Å². The van der Waals surface area contributed by atoms with Crippen molar-refractivity contribution in [2.75, 3.05) is 10.9 Å². The summed E-state index contributed by atoms with van der Waals surface area (Å²) in [7, 11) is 0. The molecule has 0 fully saturated rings. The molecular weight excluding hydrogens is 280 g/mol. The van der Waals surface area contributed by atoms with Gasteiger partial charge in [-0.05, 0) is 12.1 Å². The van der Waals surface area contributed by atoms with Crippen LogP contribution in [0.1, 0.15) is 10.4 Å². The highest BCUT2D eigenvalue weighted by atomic mass is 16.6. The Balaban J connectivity index is 2.17. The number of amides is 1. The minimum Gasteiger partial charge on any atom is -0.303 e. The number of nitrogens with two attached hydrogens (primary N) is 1. The number of pyridine rings is 1. The molecule has 108 valence electrons. The van der Waals surface area contributed by atoms with Gasteiger partial charge in [0.15, 0.2) is 0 Å². The molecule has 0 radical (unpaired) electrons. The van der Waals surface area contributed by atoms with Crippen LogP contribution in [0.5, 0.6) is 0 Å². The van der Waals surface area contributed by atoms with Gasteiger partial charge in [0.1, 0.15) is 6.33 Å². The van der Waals surface area contributed by atoms with Crippen LogP contribution >= 0.6 is 0 Å². The first-order valence-corrected chi connectivity index (χ1v) is 5.56. The van der Waals surface area contributed by atoms with Gasteiger partial charge < -0.3 is 5.43 Å². The molecule has 2 aromatic rings. The molecule has 21 heavy (non-hydrogen) atoms. The normalized spacial score (nSPS) is 9.76. The molecule has 0 aliphatic heterocycles. The Morgan fingerprint density at radius 1 is 1.33 bits per heavy atom. The molecule has 0 aliphatic rings. The zero-order valence-corrected chi connectivity index (χ0v) is 10.5. The maximum absolute atomic E-state index is 11.8. The fourth-order valence-electron chi connectivity index (χ4n) is 1.43. The molecule has 2 rings (SSSR count). The molecule has 2 heterocycles. The van der Waals surface area contributed by atoms with Gasteiger partial charge in [-0.3, -0.25) is 30.7 Å². The zero-order chi connectivity index (χ0) is 15.2. The van der Waals surface area contributed by atoms with Crippen LogP contribution in [0.3, 0.4) is 0 Å². The first-order valence-electron chi connectivity index (χ1n) is 5.56. The van der Waals surface area contributed by atoms with Gasteiger partial charge in [0.05, 0.1) is 10.5 Å². The smallest absolute Gasteiger partial charge is 0.303 e. The third-order valence-electron chi connectivity index (χ3n) is 2.36. The van der Waals surface area contributed by atoms with Gasteiger partial charge in [0.25, 0.3) is 5.91 Å². The van der Waals surface area contributed by atoms with Crippen LogP contribution < -0.4 is 22.1 Å². The Labute approximate surface area is 117 Å². The highest BCUT2D eigenvalue weighted by molar-refractivity contribution is 5.94. The lowest BCUT2D eigenvalue weighted by Gasteiger charge is -2.09. The van der Waals surface area contributed by atoms with Crippen LogP contribution in [-0.4, -0.2) is 25.8 Å². The van der Waals surface area contributed by atoms with Crippen molar-refractivity contribution in [2.45, 2.75) is 0 Å². The average molecular weight is 290 g/mol. The van der Waals surface area contributed by atoms with Crippen LogP contribution in [0.2, 0.25) is 0 Å². The number of nitrogens with one attached hydrogen (secondary N) is 3. The molecule has 1 amide bonds. The van der Waals surface area contributed by atoms with E-state index in [4.69, 9.17) is 5.84 Å². The van der Waals surface area contributed by atoms with E-state index in [-0.39, 0.29) is 17.2 Å². The van der Waals surface area contributed by atoms with Crippen LogP contribution in [-0.2, 0) is 0 Å². The highest BCUT2D eigenvalue weighted by Crippen LogP contribution is 2.27. The zero-order valence-electron chi connectivity index (χ0n) is 10.5. The molecule has 5 N–H and O–H groups in total. The summed E-state index contributed by atoms with van der Waals surface area (Å²) in [6, 6.07) is 3.11. The van der Waals surface area contributed by atoms with Crippen molar-refractivity contribution in [3.8, 4) is 0 Å². The van der Waals surface area contributed by atoms with Gasteiger partial charge in [-0.2, -0.15) is 0 Å². The highest BCUT2D eigenvalue weighted by Gasteiger charge is 2.22. The number of anilines is 2. The topological polar surface area (TPSA) is 161 Å². The summed E-state index contributed by atoms with van der Waals surface area (Å²) in [6.07, 6.45) is 3.91. The molecular formula is C10H10N8O3. The van der Waals surface area contributed by atoms with Gasteiger partial charge in [-0.25, -0.2) is 15.8 Å². The number of carbonyl (C=O) groups excluding carboxylic acids is 1. The van der Waals surface area contributed by atoms with E-state index < -0.39 is 16.5 Å². The fraction of sp³-hybridized carbons (Fsp3) is 0. The first kappa shape index (κ1) is 14.1. The van der Waals surface area contributed by atoms with E-state index in [1.807, 2.05) is 0 Å². The lowest BCUT2D eigenvalue weighted by atomic mass is 10.3. The van der Waals surface area contributed by atoms with E-state index in [0.717, 1.165) is 6.33 Å². The SMILES string of the molecule is NNc1ncnc(NNC(=O)c2cccnc2)c1[N+](=O)[O-]. The number of hydrazine groups is 2. The number of rotatable bonds is 5. The second kappa shape index (κ2) is 6.21. The number of aromatic nitrogens is 3. The molecule has 2 aromatic heterocycles. The van der Waals surface area contributed by atoms with Gasteiger partial charge in [0, 0.05) is 12.4 Å². The first-order chi connectivity index (χ1) is 10.1. The lowest BCUT2D eigenvalue weighted by molar-refractivity contribution is -0.383. The summed E-state index contributed by atoms with van der Waals surface area (Å²) in [5.74, 6) is 4.21. The summed E-state index contributed by atoms with van der Waals surface area (Å²) in [4.78, 5) is 33.1. The minimum absolute atomic E-state index is 0.187. The summed E-state index contributed by atoms with van der Waals surface area (Å²) >= 11 is 0. The molecule has 0 unspecified atom stereocenters. The van der Waals surface area contributed by atoms with Gasteiger partial charge in [-0.15, -0.1) is 0 Å². The quantitative estimate of drug-likeness (QED) is 0.332. The van der Waals surface area contributed by atoms with Crippen molar-refractivity contribution >= 4 is 23.2 Å². The van der Waals surface area contributed by atoms with E-state index >= 15 is 0 Å². The van der Waals surface area contributed by atoms with E-state index in [2.05, 4.69) is 31.2 Å². The second-order valence-corrected chi connectivity index (χ2v) is 3.64. The number of hydrogen-bond acceptors (Lipinski definition) is 9. The average Bonchev–Trinajstić information content (AvgIpc) is 2.52. The summed E-state index contributed by atoms with van der Waals surface area (Å²) in [6.45, 7) is 0. The van der Waals surface area contributed by atoms with Crippen molar-refractivity contribution in [3.63, 3.8) is 0 Å². The summed E-state index contributed by atoms with van der Waals surface area (Å²) in [5, 5.41) is 11.0. The van der Waals surface area contributed by atoms with Crippen LogP contribution in [0.25, 0.3) is 0 Å². The number of nitrogens with zero attached hydrogens (tertiary/aromatic N) is 4. The third kappa shape index (κ3) is 3.16. The summed E-state index contributed by atoms with van der Waals surface area (Å²) in [5.41, 5.74) is 6.49. The molecule has 11 nitrogen and oxygen atoms in total. The molecule has 0 aliphatic carbocycles. The number of nitro groups is 1. The number of nitrogen functional groups attached to an aromatic ring is 1. The fourth-order valence-corrected chi connectivity index (χ4v) is 1.43. The number of carbonyl (C=O) groups is 1. The molecule has 0 saturated heterocycles. The Bertz CT molecular complexity index is 663. The van der Waals surface area contributed by atoms with Gasteiger partial charge >= 0.3 is 5.69 Å². The van der Waals surface area contributed by atoms with Crippen LogP contribution in [0, 0.1) is 10.1 Å². The Kier molecular flexibility index (Phi) is 4.16. The van der Waals surface area contributed by atoms with Crippen molar-refractivity contribution in [3.05, 3.63) is 46.5 Å². The molecule has 0 atom stereocenters. The maximum atomic E-state index is 11.8. The third-order valence-corrected chi connectivity index (χ3v) is 2.36. The monoisotopic (exact) mass is 290 g/mol. The second-order valence-electron chi connectivity index (χ2n) is 3.64. The van der Waals surface area contributed by atoms with Crippen LogP contribution in [0.4, 0.5) is 17.3 Å². The van der Waals surface area contributed by atoms with E-state index in [9.17, 15) is 14.9 Å². The van der Waals surface area contributed by atoms with Crippen LogP contribution in [0.15, 0.2) is 30.9 Å². The Hall–Kier alpha value is -3.34. The molecule has 0 saturated carbocycles. The minimum atomic E-state index is -0.728. The van der Waals surface area contributed by atoms with Gasteiger partial charge in [0.2, 0.25) is 11.6 Å². The Morgan fingerprint density at radius 3 is 2.71 bits per heavy atom. The molecule has 11 heteroatoms. The molecule has 0 spiro atoms. The van der Waals surface area contributed by atoms with E-state index in [1.54, 1.807) is 6.07 Å². The van der Waals surface area contributed by atoms with Crippen molar-refractivity contribution in [1.82, 2.24) is 20.4 Å². The predicted octanol–water partition coefficient (Wildman–Crippen LogP) is -0.178. The van der Waals surface area contributed by atoms with Crippen molar-refractivity contribution in [1.29, 1.82) is 0 Å². The standard InChI is InChI=1S/C10H10N8O3/c11-15-8-7(18(20)21)9(14-5-13-8)16-17-10(19)6-2-1-3-12-4-6/h1-5H,11H2,(H,17,19)(H2,13,14,15,16). The Morgan fingerprint density at radius 2 is 2.10 bits per heavy atom. The predicted molar refractivity (Wildman–Crippen MR) is 71.8 cm³/mol. The largest absolute Gasteiger partial charge is 0.356 e. The van der Waals surface area contributed by atoms with Crippen molar-refractivity contribution in [2.24, 2.45) is 5.84 Å². The van der Waals surface area contributed by atoms with Crippen molar-refractivity contribution < 1.29 is 9.72 Å². The van der Waals surface area contributed by atoms with Gasteiger partial charge in [-0.1, -0.05) is 0 Å². The van der Waals surface area contributed by atoms with E-state index in [1.165, 1.54) is 18.5 Å². The molecule has 0 bridgehead atoms. The lowest BCUT2D eigenvalue weighted by Crippen LogP contribution is -2.30. The molecule has 0 aromatic carbocycles. The maximum Gasteiger partial charge on any atom is 0.356 e.